The van der Waals surface area contributed by atoms with Gasteiger partial charge >= 0.3 is 0 Å². The van der Waals surface area contributed by atoms with Gasteiger partial charge in [-0.2, -0.15) is 5.10 Å². The van der Waals surface area contributed by atoms with Gasteiger partial charge in [0, 0.05) is 24.8 Å². The zero-order valence-corrected chi connectivity index (χ0v) is 21.7. The molecule has 0 unspecified atom stereocenters. The van der Waals surface area contributed by atoms with Gasteiger partial charge in [0.1, 0.15) is 23.5 Å². The monoisotopic (exact) mass is 498 g/mol. The van der Waals surface area contributed by atoms with Crippen LogP contribution in [0.3, 0.4) is 0 Å². The molecule has 1 fully saturated rings. The second-order valence-corrected chi connectivity index (χ2v) is 10.5. The number of carbonyl (C=O) groups is 1. The number of rotatable bonds is 7. The molecule has 4 heterocycles. The lowest BCUT2D eigenvalue weighted by atomic mass is 10.1. The molecule has 0 spiro atoms. The largest absolute Gasteiger partial charge is 0.383 e. The molecule has 1 amide bonds. The topological polar surface area (TPSA) is 115 Å². The van der Waals surface area contributed by atoms with Gasteiger partial charge in [-0.05, 0) is 64.4 Å². The summed E-state index contributed by atoms with van der Waals surface area (Å²) in [6.07, 6.45) is 6.93. The molecule has 9 nitrogen and oxygen atoms in total. The van der Waals surface area contributed by atoms with Crippen molar-refractivity contribution in [3.05, 3.63) is 65.7 Å². The minimum atomic E-state index is -0.594. The maximum atomic E-state index is 13.1. The fourth-order valence-electron chi connectivity index (χ4n) is 4.84. The molecule has 3 aromatic heterocycles. The van der Waals surface area contributed by atoms with Crippen molar-refractivity contribution in [2.45, 2.75) is 52.1 Å². The summed E-state index contributed by atoms with van der Waals surface area (Å²) in [4.78, 5) is 28.6. The Bertz CT molecular complexity index is 1400. The van der Waals surface area contributed by atoms with Crippen LogP contribution in [0, 0.1) is 6.92 Å². The molecule has 192 valence electrons. The number of carbonyl (C=O) groups excluding carboxylic acids is 1. The van der Waals surface area contributed by atoms with Gasteiger partial charge in [-0.25, -0.2) is 14.6 Å². The van der Waals surface area contributed by atoms with E-state index < -0.39 is 5.54 Å². The average Bonchev–Trinajstić information content (AvgIpc) is 3.31. The van der Waals surface area contributed by atoms with E-state index >= 15 is 0 Å². The second-order valence-electron chi connectivity index (χ2n) is 10.5. The van der Waals surface area contributed by atoms with Crippen molar-refractivity contribution in [1.29, 1.82) is 0 Å². The molecule has 1 aromatic carbocycles. The molecule has 9 heteroatoms. The van der Waals surface area contributed by atoms with E-state index in [1.807, 2.05) is 61.9 Å². The number of aromatic nitrogens is 5. The van der Waals surface area contributed by atoms with E-state index in [0.29, 0.717) is 29.1 Å². The highest BCUT2D eigenvalue weighted by Gasteiger charge is 2.28. The molecule has 0 bridgehead atoms. The number of nitrogens with two attached hydrogens (primary N) is 1. The Balaban J connectivity index is 1.36. The number of aryl methyl sites for hydroxylation is 1. The van der Waals surface area contributed by atoms with E-state index in [1.54, 1.807) is 6.20 Å². The Kier molecular flexibility index (Phi) is 6.88. The maximum absolute atomic E-state index is 13.1. The van der Waals surface area contributed by atoms with Crippen LogP contribution >= 0.6 is 0 Å². The van der Waals surface area contributed by atoms with Crippen molar-refractivity contribution in [3.63, 3.8) is 0 Å². The lowest BCUT2D eigenvalue weighted by Crippen LogP contribution is -2.41. The van der Waals surface area contributed by atoms with E-state index in [-0.39, 0.29) is 5.91 Å². The van der Waals surface area contributed by atoms with E-state index in [4.69, 9.17) is 10.8 Å². The van der Waals surface area contributed by atoms with Gasteiger partial charge in [0.25, 0.3) is 5.91 Å². The molecule has 1 aliphatic rings. The summed E-state index contributed by atoms with van der Waals surface area (Å²) in [7, 11) is 0. The third kappa shape index (κ3) is 5.32. The molecule has 5 rings (SSSR count). The fraction of sp³-hybridized carbons (Fsp3) is 0.393. The average molecular weight is 499 g/mol. The van der Waals surface area contributed by atoms with Crippen molar-refractivity contribution in [1.82, 2.24) is 34.9 Å². The molecule has 4 aromatic rings. The summed E-state index contributed by atoms with van der Waals surface area (Å²) in [6.45, 7) is 9.45. The molecule has 3 N–H and O–H groups in total. The highest BCUT2D eigenvalue weighted by molar-refractivity contribution is 5.98. The van der Waals surface area contributed by atoms with Gasteiger partial charge in [-0.1, -0.05) is 36.2 Å². The smallest absolute Gasteiger partial charge is 0.269 e. The van der Waals surface area contributed by atoms with Crippen LogP contribution in [0.15, 0.2) is 48.9 Å². The number of amides is 1. The summed E-state index contributed by atoms with van der Waals surface area (Å²) >= 11 is 0. The van der Waals surface area contributed by atoms with Crippen LogP contribution in [0.1, 0.15) is 54.7 Å². The first kappa shape index (κ1) is 24.8. The Hall–Kier alpha value is -3.85. The lowest BCUT2D eigenvalue weighted by molar-refractivity contribution is 0.0931. The number of benzene rings is 1. The van der Waals surface area contributed by atoms with Crippen LogP contribution in [-0.2, 0) is 12.1 Å². The molecular formula is C28H34N8O. The zero-order valence-electron chi connectivity index (χ0n) is 21.7. The molecular weight excluding hydrogens is 464 g/mol. The minimum absolute atomic E-state index is 0.210. The third-order valence-corrected chi connectivity index (χ3v) is 6.99. The quantitative estimate of drug-likeness (QED) is 0.397. The molecule has 0 aliphatic carbocycles. The van der Waals surface area contributed by atoms with Crippen LogP contribution in [0.25, 0.3) is 22.3 Å². The van der Waals surface area contributed by atoms with Crippen LogP contribution in [0.4, 0.5) is 5.82 Å². The van der Waals surface area contributed by atoms with Crippen LogP contribution in [-0.4, -0.2) is 55.2 Å². The van der Waals surface area contributed by atoms with Gasteiger partial charge in [0.2, 0.25) is 0 Å². The van der Waals surface area contributed by atoms with Gasteiger partial charge in [-0.15, -0.1) is 0 Å². The summed E-state index contributed by atoms with van der Waals surface area (Å²) in [5, 5.41) is 8.67. The number of anilines is 1. The van der Waals surface area contributed by atoms with E-state index in [0.717, 1.165) is 42.0 Å². The number of nitrogens with one attached hydrogen (secondary N) is 1. The van der Waals surface area contributed by atoms with Crippen molar-refractivity contribution in [3.8, 4) is 11.3 Å². The van der Waals surface area contributed by atoms with Crippen molar-refractivity contribution < 1.29 is 4.79 Å². The molecule has 1 saturated heterocycles. The molecule has 0 saturated carbocycles. The number of fused-ring (bicyclic) bond motifs is 1. The van der Waals surface area contributed by atoms with Gasteiger partial charge in [-0.3, -0.25) is 14.7 Å². The van der Waals surface area contributed by atoms with E-state index in [2.05, 4.69) is 25.2 Å². The number of pyridine rings is 1. The van der Waals surface area contributed by atoms with E-state index in [1.165, 1.54) is 25.6 Å². The summed E-state index contributed by atoms with van der Waals surface area (Å²) < 4.78 is 1.83. The second kappa shape index (κ2) is 10.3. The summed E-state index contributed by atoms with van der Waals surface area (Å²) in [5.74, 6) is 0.166. The number of nitrogens with zero attached hydrogens (tertiary/aromatic N) is 6. The Labute approximate surface area is 217 Å². The molecule has 1 aliphatic heterocycles. The van der Waals surface area contributed by atoms with Crippen LogP contribution < -0.4 is 11.1 Å². The first-order valence-electron chi connectivity index (χ1n) is 12.8. The number of hydrogen-bond acceptors (Lipinski definition) is 7. The molecule has 37 heavy (non-hydrogen) atoms. The Morgan fingerprint density at radius 1 is 1.05 bits per heavy atom. The van der Waals surface area contributed by atoms with Gasteiger partial charge in [0.05, 0.1) is 10.9 Å². The Morgan fingerprint density at radius 3 is 2.57 bits per heavy atom. The maximum Gasteiger partial charge on any atom is 0.269 e. The summed E-state index contributed by atoms with van der Waals surface area (Å²) in [5.41, 5.74) is 10.7. The highest BCUT2D eigenvalue weighted by Crippen LogP contribution is 2.33. The van der Waals surface area contributed by atoms with Crippen LogP contribution in [0.5, 0.6) is 0 Å². The third-order valence-electron chi connectivity index (χ3n) is 6.99. The van der Waals surface area contributed by atoms with Crippen molar-refractivity contribution in [2.24, 2.45) is 0 Å². The van der Waals surface area contributed by atoms with Crippen molar-refractivity contribution >= 4 is 22.8 Å². The first-order valence-corrected chi connectivity index (χ1v) is 12.8. The van der Waals surface area contributed by atoms with Gasteiger partial charge in [0.15, 0.2) is 5.65 Å². The van der Waals surface area contributed by atoms with E-state index in [9.17, 15) is 4.79 Å². The summed E-state index contributed by atoms with van der Waals surface area (Å²) in [6, 6.07) is 12.0. The predicted octanol–water partition coefficient (Wildman–Crippen LogP) is 3.93. The minimum Gasteiger partial charge on any atom is -0.383 e. The van der Waals surface area contributed by atoms with Crippen molar-refractivity contribution in [2.75, 3.05) is 25.4 Å². The first-order chi connectivity index (χ1) is 17.8. The number of piperidine rings is 1. The van der Waals surface area contributed by atoms with Crippen LogP contribution in [0.2, 0.25) is 0 Å². The predicted molar refractivity (Wildman–Crippen MR) is 145 cm³/mol. The number of hydrogen-bond donors (Lipinski definition) is 2. The highest BCUT2D eigenvalue weighted by atomic mass is 16.1. The fourth-order valence-corrected chi connectivity index (χ4v) is 4.84. The SMILES string of the molecule is Cc1ccc(-c2nn(C(C)(C)CNC(=O)c3cc(CN4CCCCC4)ccn3)c3ncnc(N)c23)cc1. The zero-order chi connectivity index (χ0) is 26.0. The lowest BCUT2D eigenvalue weighted by Gasteiger charge is -2.27. The standard InChI is InChI=1S/C28H34N8O/c1-19-7-9-21(10-8-19)24-23-25(29)32-18-33-26(23)36(34-24)28(2,3)17-31-27(37)22-15-20(11-12-30-22)16-35-13-5-4-6-14-35/h7-12,15,18H,4-6,13-14,16-17H2,1-3H3,(H,31,37)(H2,29,32,33). The molecule has 0 atom stereocenters. The molecule has 0 radical (unpaired) electrons. The Morgan fingerprint density at radius 2 is 1.81 bits per heavy atom. The number of likely N-dealkylation sites (tertiary alicyclic amines) is 1. The number of nitrogen functional groups attached to an aromatic ring is 1. The normalized spacial score (nSPS) is 14.7. The van der Waals surface area contributed by atoms with Gasteiger partial charge < -0.3 is 11.1 Å².